The molecule has 0 fully saturated rings. The fourth-order valence-electron chi connectivity index (χ4n) is 4.02. The summed E-state index contributed by atoms with van der Waals surface area (Å²) in [6.07, 6.45) is 0. The minimum absolute atomic E-state index is 0.0598. The average molecular weight is 483 g/mol. The molecule has 4 rings (SSSR count). The van der Waals surface area contributed by atoms with E-state index in [1.807, 2.05) is 20.8 Å². The van der Waals surface area contributed by atoms with Gasteiger partial charge in [0.25, 0.3) is 0 Å². The Kier molecular flexibility index (Phi) is 6.42. The predicted octanol–water partition coefficient (Wildman–Crippen LogP) is 3.26. The molecule has 0 bridgehead atoms. The van der Waals surface area contributed by atoms with Crippen molar-refractivity contribution in [2.45, 2.75) is 39.3 Å². The molecule has 1 aliphatic rings. The minimum Gasteiger partial charge on any atom is -0.493 e. The number of ether oxygens (including phenoxy) is 3. The second kappa shape index (κ2) is 9.32. The Hall–Kier alpha value is -4.02. The van der Waals surface area contributed by atoms with Crippen molar-refractivity contribution in [1.29, 1.82) is 5.41 Å². The van der Waals surface area contributed by atoms with Crippen LogP contribution in [0.25, 0.3) is 0 Å². The number of amidine groups is 1. The van der Waals surface area contributed by atoms with Crippen LogP contribution in [0.1, 0.15) is 53.6 Å². The van der Waals surface area contributed by atoms with Gasteiger partial charge in [0.1, 0.15) is 11.6 Å². The van der Waals surface area contributed by atoms with E-state index in [0.717, 1.165) is 5.56 Å². The fraction of sp³-hybridized carbons (Fsp3) is 0.375. The summed E-state index contributed by atoms with van der Waals surface area (Å²) in [7, 11) is 2.77. The number of nitrogens with zero attached hydrogens (tertiary/aromatic N) is 4. The highest BCUT2D eigenvalue weighted by Gasteiger charge is 2.33. The minimum atomic E-state index is -0.667. The van der Waals surface area contributed by atoms with E-state index in [2.05, 4.69) is 20.6 Å². The van der Waals surface area contributed by atoms with Crippen molar-refractivity contribution in [2.75, 3.05) is 20.8 Å². The number of fused-ring (bicyclic) bond motifs is 1. The molecule has 0 amide bonds. The highest BCUT2D eigenvalue weighted by atomic mass is 19.1. The number of halogens is 1. The molecule has 1 aromatic heterocycles. The predicted molar refractivity (Wildman–Crippen MR) is 125 cm³/mol. The normalized spacial score (nSPS) is 13.1. The summed E-state index contributed by atoms with van der Waals surface area (Å²) in [5.74, 6) is 0.283. The van der Waals surface area contributed by atoms with Crippen LogP contribution >= 0.6 is 0 Å². The summed E-state index contributed by atoms with van der Waals surface area (Å²) < 4.78 is 31.2. The van der Waals surface area contributed by atoms with Gasteiger partial charge in [-0.2, -0.15) is 5.21 Å². The van der Waals surface area contributed by atoms with Gasteiger partial charge in [-0.05, 0) is 35.2 Å². The summed E-state index contributed by atoms with van der Waals surface area (Å²) in [4.78, 5) is 14.7. The molecule has 2 heterocycles. The summed E-state index contributed by atoms with van der Waals surface area (Å²) in [5, 5.41) is 22.1. The van der Waals surface area contributed by atoms with Crippen LogP contribution in [0.5, 0.6) is 17.2 Å². The second-order valence-corrected chi connectivity index (χ2v) is 9.17. The van der Waals surface area contributed by atoms with Gasteiger partial charge in [-0.15, -0.1) is 10.2 Å². The molecule has 0 saturated carbocycles. The molecular formula is C24H27FN6O4. The van der Waals surface area contributed by atoms with Crippen molar-refractivity contribution in [3.05, 3.63) is 58.2 Å². The van der Waals surface area contributed by atoms with Gasteiger partial charge >= 0.3 is 0 Å². The summed E-state index contributed by atoms with van der Waals surface area (Å²) in [5.41, 5.74) is 1.69. The molecule has 184 valence electrons. The molecule has 0 aliphatic carbocycles. The van der Waals surface area contributed by atoms with Gasteiger partial charge < -0.3 is 19.1 Å². The first-order valence-electron chi connectivity index (χ1n) is 10.9. The maximum absolute atomic E-state index is 15.0. The van der Waals surface area contributed by atoms with Crippen LogP contribution in [0.4, 0.5) is 4.39 Å². The Morgan fingerprint density at radius 1 is 1.20 bits per heavy atom. The number of aromatic amines is 1. The first-order valence-corrected chi connectivity index (χ1v) is 10.9. The lowest BCUT2D eigenvalue weighted by Gasteiger charge is -2.24. The SMILES string of the molecule is COc1cc2c(c(F)c1OC)C(=N)N(CC(=O)c1ccc(OCc3nn[nH]n3)c(C(C)(C)C)c1)C2. The van der Waals surface area contributed by atoms with Crippen LogP contribution in [-0.2, 0) is 18.6 Å². The van der Waals surface area contributed by atoms with Gasteiger partial charge in [0.15, 0.2) is 29.7 Å². The van der Waals surface area contributed by atoms with Crippen molar-refractivity contribution in [1.82, 2.24) is 25.5 Å². The molecule has 0 radical (unpaired) electrons. The van der Waals surface area contributed by atoms with E-state index < -0.39 is 5.82 Å². The van der Waals surface area contributed by atoms with Crippen LogP contribution in [0.15, 0.2) is 24.3 Å². The fourth-order valence-corrected chi connectivity index (χ4v) is 4.02. The number of tetrazole rings is 1. The number of rotatable bonds is 8. The standard InChI is InChI=1S/C24H27FN6O4/c1-24(2,3)15-8-13(6-7-17(15)35-12-19-27-29-30-28-19)16(32)11-31-10-14-9-18(33-4)22(34-5)21(25)20(14)23(31)26/h6-9,26H,10-12H2,1-5H3,(H,27,28,29,30). The molecule has 2 aromatic carbocycles. The third-order valence-corrected chi connectivity index (χ3v) is 5.80. The number of hydrogen-bond acceptors (Lipinski definition) is 8. The Balaban J connectivity index is 1.55. The third-order valence-electron chi connectivity index (χ3n) is 5.80. The largest absolute Gasteiger partial charge is 0.493 e. The highest BCUT2D eigenvalue weighted by Crippen LogP contribution is 2.38. The van der Waals surface area contributed by atoms with E-state index in [-0.39, 0.29) is 53.8 Å². The molecule has 1 aliphatic heterocycles. The first-order chi connectivity index (χ1) is 16.6. The number of nitrogens with one attached hydrogen (secondary N) is 2. The number of methoxy groups -OCH3 is 2. The summed E-state index contributed by atoms with van der Waals surface area (Å²) in [6, 6.07) is 6.87. The van der Waals surface area contributed by atoms with Crippen LogP contribution in [0, 0.1) is 11.2 Å². The monoisotopic (exact) mass is 482 g/mol. The number of aromatic nitrogens is 4. The number of benzene rings is 2. The number of carbonyl (C=O) groups excluding carboxylic acids is 1. The Bertz CT molecular complexity index is 1270. The van der Waals surface area contributed by atoms with Gasteiger partial charge in [-0.3, -0.25) is 10.2 Å². The van der Waals surface area contributed by atoms with Crippen molar-refractivity contribution in [3.63, 3.8) is 0 Å². The van der Waals surface area contributed by atoms with Crippen molar-refractivity contribution >= 4 is 11.6 Å². The Morgan fingerprint density at radius 2 is 1.97 bits per heavy atom. The molecular weight excluding hydrogens is 455 g/mol. The van der Waals surface area contributed by atoms with Gasteiger partial charge in [0.2, 0.25) is 5.82 Å². The number of ketones is 1. The average Bonchev–Trinajstić information content (AvgIpc) is 3.45. The molecule has 35 heavy (non-hydrogen) atoms. The molecule has 2 N–H and O–H groups in total. The van der Waals surface area contributed by atoms with Crippen LogP contribution in [0.3, 0.4) is 0 Å². The third kappa shape index (κ3) is 4.66. The van der Waals surface area contributed by atoms with E-state index in [4.69, 9.17) is 19.6 Å². The molecule has 11 heteroatoms. The Morgan fingerprint density at radius 3 is 2.60 bits per heavy atom. The lowest BCUT2D eigenvalue weighted by atomic mass is 9.85. The zero-order valence-electron chi connectivity index (χ0n) is 20.2. The maximum atomic E-state index is 15.0. The molecule has 0 atom stereocenters. The number of hydrogen-bond donors (Lipinski definition) is 2. The number of Topliss-reactive ketones (excluding diaryl/α,β-unsaturated/α-hetero) is 1. The lowest BCUT2D eigenvalue weighted by Crippen LogP contribution is -2.30. The molecule has 0 unspecified atom stereocenters. The van der Waals surface area contributed by atoms with E-state index in [9.17, 15) is 4.79 Å². The van der Waals surface area contributed by atoms with Gasteiger partial charge in [-0.25, -0.2) is 4.39 Å². The van der Waals surface area contributed by atoms with Crippen LogP contribution in [-0.4, -0.2) is 57.9 Å². The number of H-pyrrole nitrogens is 1. The molecule has 0 saturated heterocycles. The van der Waals surface area contributed by atoms with Crippen LogP contribution in [0.2, 0.25) is 0 Å². The maximum Gasteiger partial charge on any atom is 0.211 e. The van der Waals surface area contributed by atoms with E-state index in [0.29, 0.717) is 22.7 Å². The second-order valence-electron chi connectivity index (χ2n) is 9.17. The van der Waals surface area contributed by atoms with Gasteiger partial charge in [0, 0.05) is 17.7 Å². The lowest BCUT2D eigenvalue weighted by molar-refractivity contribution is 0.0962. The topological polar surface area (TPSA) is 126 Å². The molecule has 3 aromatic rings. The smallest absolute Gasteiger partial charge is 0.211 e. The van der Waals surface area contributed by atoms with Crippen LogP contribution < -0.4 is 14.2 Å². The Labute approximate surface area is 201 Å². The van der Waals surface area contributed by atoms with E-state index in [1.165, 1.54) is 19.1 Å². The van der Waals surface area contributed by atoms with Gasteiger partial charge in [0.05, 0.1) is 26.3 Å². The van der Waals surface area contributed by atoms with Crippen molar-refractivity contribution in [3.8, 4) is 17.2 Å². The number of carbonyl (C=O) groups is 1. The van der Waals surface area contributed by atoms with Crippen molar-refractivity contribution in [2.24, 2.45) is 0 Å². The van der Waals surface area contributed by atoms with Crippen molar-refractivity contribution < 1.29 is 23.4 Å². The van der Waals surface area contributed by atoms with E-state index >= 15 is 4.39 Å². The quantitative estimate of drug-likeness (QED) is 0.469. The summed E-state index contributed by atoms with van der Waals surface area (Å²) in [6.45, 7) is 6.34. The van der Waals surface area contributed by atoms with E-state index in [1.54, 1.807) is 24.3 Å². The zero-order chi connectivity index (χ0) is 25.3. The highest BCUT2D eigenvalue weighted by molar-refractivity contribution is 6.05. The molecule has 0 spiro atoms. The zero-order valence-corrected chi connectivity index (χ0v) is 20.2. The van der Waals surface area contributed by atoms with Gasteiger partial charge in [-0.1, -0.05) is 26.0 Å². The molecule has 10 nitrogen and oxygen atoms in total. The first kappa shape index (κ1) is 24.1. The summed E-state index contributed by atoms with van der Waals surface area (Å²) >= 11 is 0.